The lowest BCUT2D eigenvalue weighted by atomic mass is 10.2. The van der Waals surface area contributed by atoms with Gasteiger partial charge < -0.3 is 9.67 Å². The molecule has 1 aliphatic carbocycles. The van der Waals surface area contributed by atoms with Gasteiger partial charge in [-0.1, -0.05) is 0 Å². The van der Waals surface area contributed by atoms with Crippen molar-refractivity contribution >= 4 is 10.0 Å². The topological polar surface area (TPSA) is 62.5 Å². The summed E-state index contributed by atoms with van der Waals surface area (Å²) in [6, 6.07) is 1.72. The number of rotatable bonds is 6. The van der Waals surface area contributed by atoms with Crippen molar-refractivity contribution in [3.05, 3.63) is 18.0 Å². The summed E-state index contributed by atoms with van der Waals surface area (Å²) in [7, 11) is -1.84. The molecule has 1 unspecified atom stereocenters. The van der Waals surface area contributed by atoms with Crippen molar-refractivity contribution in [2.45, 2.75) is 57.2 Å². The Morgan fingerprint density at radius 2 is 2.00 bits per heavy atom. The first-order valence-corrected chi connectivity index (χ1v) is 8.52. The smallest absolute Gasteiger partial charge is 0.244 e. The average molecular weight is 300 g/mol. The highest BCUT2D eigenvalue weighted by Gasteiger charge is 2.36. The molecule has 1 aromatic rings. The Morgan fingerprint density at radius 1 is 1.40 bits per heavy atom. The maximum absolute atomic E-state index is 12.6. The zero-order valence-electron chi connectivity index (χ0n) is 12.6. The van der Waals surface area contributed by atoms with Gasteiger partial charge in [0.1, 0.15) is 4.90 Å². The number of hydrogen-bond donors (Lipinski definition) is 1. The van der Waals surface area contributed by atoms with Crippen LogP contribution in [-0.4, -0.2) is 35.5 Å². The highest BCUT2D eigenvalue weighted by molar-refractivity contribution is 7.89. The fourth-order valence-electron chi connectivity index (χ4n) is 2.51. The van der Waals surface area contributed by atoms with Crippen LogP contribution < -0.4 is 0 Å². The molecule has 0 aliphatic heterocycles. The fraction of sp³-hybridized carbons (Fsp3) is 0.714. The van der Waals surface area contributed by atoms with E-state index in [-0.39, 0.29) is 23.6 Å². The van der Waals surface area contributed by atoms with E-state index in [0.717, 1.165) is 12.8 Å². The molecule has 5 nitrogen and oxygen atoms in total. The number of hydrogen-bond acceptors (Lipinski definition) is 3. The summed E-state index contributed by atoms with van der Waals surface area (Å²) < 4.78 is 28.6. The number of aliphatic hydroxyl groups is 1. The molecule has 0 bridgehead atoms. The van der Waals surface area contributed by atoms with E-state index in [4.69, 9.17) is 0 Å². The molecule has 1 fully saturated rings. The van der Waals surface area contributed by atoms with Crippen molar-refractivity contribution in [3.8, 4) is 0 Å². The summed E-state index contributed by atoms with van der Waals surface area (Å²) in [5.74, 6) is 0.485. The molecule has 6 heteroatoms. The van der Waals surface area contributed by atoms with E-state index in [0.29, 0.717) is 11.6 Å². The zero-order valence-corrected chi connectivity index (χ0v) is 13.4. The third kappa shape index (κ3) is 2.77. The molecule has 1 heterocycles. The third-order valence-electron chi connectivity index (χ3n) is 4.18. The molecule has 0 spiro atoms. The fourth-order valence-corrected chi connectivity index (χ4v) is 3.98. The van der Waals surface area contributed by atoms with E-state index < -0.39 is 10.0 Å². The lowest BCUT2D eigenvalue weighted by Gasteiger charge is -2.23. The van der Waals surface area contributed by atoms with Crippen LogP contribution in [0, 0.1) is 5.92 Å². The normalized spacial score (nSPS) is 17.9. The van der Waals surface area contributed by atoms with Crippen molar-refractivity contribution in [1.29, 1.82) is 0 Å². The molecule has 20 heavy (non-hydrogen) atoms. The molecule has 0 radical (unpaired) electrons. The summed E-state index contributed by atoms with van der Waals surface area (Å²) >= 11 is 0. The predicted octanol–water partition coefficient (Wildman–Crippen LogP) is 1.98. The van der Waals surface area contributed by atoms with Crippen molar-refractivity contribution in [3.63, 3.8) is 0 Å². The molecule has 0 saturated heterocycles. The zero-order chi connectivity index (χ0) is 15.1. The minimum atomic E-state index is -3.49. The van der Waals surface area contributed by atoms with E-state index in [2.05, 4.69) is 0 Å². The number of aromatic nitrogens is 1. The van der Waals surface area contributed by atoms with Crippen LogP contribution in [0.25, 0.3) is 0 Å². The number of sulfonamides is 1. The van der Waals surface area contributed by atoms with Gasteiger partial charge in [0.2, 0.25) is 10.0 Å². The van der Waals surface area contributed by atoms with Gasteiger partial charge in [-0.05, 0) is 45.6 Å². The minimum absolute atomic E-state index is 0.0278. The summed E-state index contributed by atoms with van der Waals surface area (Å²) in [6.07, 6.45) is 3.84. The molecule has 1 aliphatic rings. The van der Waals surface area contributed by atoms with Crippen molar-refractivity contribution < 1.29 is 13.5 Å². The van der Waals surface area contributed by atoms with Gasteiger partial charge in [-0.3, -0.25) is 0 Å². The molecule has 1 aromatic heterocycles. The molecular weight excluding hydrogens is 276 g/mol. The molecule has 1 atom stereocenters. The Labute approximate surface area is 121 Å². The van der Waals surface area contributed by atoms with Crippen LogP contribution in [0.15, 0.2) is 17.2 Å². The first-order chi connectivity index (χ1) is 9.28. The van der Waals surface area contributed by atoms with Gasteiger partial charge in [0.05, 0.1) is 6.61 Å². The van der Waals surface area contributed by atoms with Crippen LogP contribution in [0.3, 0.4) is 0 Å². The van der Waals surface area contributed by atoms with Gasteiger partial charge in [-0.25, -0.2) is 8.42 Å². The Hall–Kier alpha value is -0.850. The second kappa shape index (κ2) is 5.50. The summed E-state index contributed by atoms with van der Waals surface area (Å²) in [4.78, 5) is 0.269. The van der Waals surface area contributed by atoms with E-state index in [1.165, 1.54) is 4.31 Å². The summed E-state index contributed by atoms with van der Waals surface area (Å²) in [5, 5.41) is 9.36. The molecular formula is C14H24N2O3S. The Balaban J connectivity index is 2.33. The van der Waals surface area contributed by atoms with Crippen LogP contribution in [0.4, 0.5) is 0 Å². The van der Waals surface area contributed by atoms with Gasteiger partial charge in [0.15, 0.2) is 0 Å². The Bertz CT molecular complexity index is 573. The van der Waals surface area contributed by atoms with Gasteiger partial charge >= 0.3 is 0 Å². The molecule has 2 rings (SSSR count). The molecule has 0 aromatic carbocycles. The van der Waals surface area contributed by atoms with Gasteiger partial charge in [0.25, 0.3) is 0 Å². The van der Waals surface area contributed by atoms with E-state index in [9.17, 15) is 13.5 Å². The van der Waals surface area contributed by atoms with Crippen LogP contribution in [0.5, 0.6) is 0 Å². The van der Waals surface area contributed by atoms with E-state index >= 15 is 0 Å². The lowest BCUT2D eigenvalue weighted by Crippen LogP contribution is -2.36. The minimum Gasteiger partial charge on any atom is -0.390 e. The van der Waals surface area contributed by atoms with Crippen LogP contribution in [0.1, 0.15) is 45.3 Å². The van der Waals surface area contributed by atoms with Crippen molar-refractivity contribution in [2.24, 2.45) is 5.92 Å². The average Bonchev–Trinajstić information content (AvgIpc) is 3.14. The second-order valence-corrected chi connectivity index (χ2v) is 7.92. The molecule has 1 N–H and O–H groups in total. The maximum atomic E-state index is 12.6. The van der Waals surface area contributed by atoms with Crippen molar-refractivity contribution in [1.82, 2.24) is 8.87 Å². The van der Waals surface area contributed by atoms with Gasteiger partial charge in [-0.2, -0.15) is 4.31 Å². The number of aliphatic hydroxyl groups excluding tert-OH is 1. The Morgan fingerprint density at radius 3 is 2.40 bits per heavy atom. The quantitative estimate of drug-likeness (QED) is 0.874. The number of nitrogens with zero attached hydrogens (tertiary/aromatic N) is 2. The lowest BCUT2D eigenvalue weighted by molar-refractivity contribution is 0.268. The van der Waals surface area contributed by atoms with Gasteiger partial charge in [-0.15, -0.1) is 0 Å². The molecule has 0 amide bonds. The van der Waals surface area contributed by atoms with E-state index in [1.54, 1.807) is 19.3 Å². The summed E-state index contributed by atoms with van der Waals surface area (Å²) in [6.45, 7) is 5.73. The molecule has 1 saturated carbocycles. The highest BCUT2D eigenvalue weighted by atomic mass is 32.2. The van der Waals surface area contributed by atoms with E-state index in [1.807, 2.05) is 25.3 Å². The Kier molecular flexibility index (Phi) is 4.27. The standard InChI is InChI=1S/C14H24N2O3S/c1-10(2)16-8-14(7-13(16)9-17)20(18,19)15(4)11(3)12-5-6-12/h7-8,10-12,17H,5-6,9H2,1-4H3. The maximum Gasteiger partial charge on any atom is 0.244 e. The second-order valence-electron chi connectivity index (χ2n) is 5.93. The van der Waals surface area contributed by atoms with Gasteiger partial charge in [0, 0.05) is 31.0 Å². The van der Waals surface area contributed by atoms with Crippen molar-refractivity contribution in [2.75, 3.05) is 7.05 Å². The van der Waals surface area contributed by atoms with Crippen LogP contribution in [0.2, 0.25) is 0 Å². The molecule has 114 valence electrons. The third-order valence-corrected chi connectivity index (χ3v) is 6.09. The monoisotopic (exact) mass is 300 g/mol. The van der Waals surface area contributed by atoms with Crippen LogP contribution in [-0.2, 0) is 16.6 Å². The SMILES string of the molecule is CC(C1CC1)N(C)S(=O)(=O)c1cc(CO)n(C(C)C)c1. The predicted molar refractivity (Wildman–Crippen MR) is 77.9 cm³/mol. The van der Waals surface area contributed by atoms with Crippen LogP contribution >= 0.6 is 0 Å². The largest absolute Gasteiger partial charge is 0.390 e. The first-order valence-electron chi connectivity index (χ1n) is 7.08. The first kappa shape index (κ1) is 15.5. The highest BCUT2D eigenvalue weighted by Crippen LogP contribution is 2.36. The summed E-state index contributed by atoms with van der Waals surface area (Å²) in [5.41, 5.74) is 0.631.